The van der Waals surface area contributed by atoms with Crippen LogP contribution in [0.5, 0.6) is 0 Å². The second-order valence-electron chi connectivity index (χ2n) is 14.3. The minimum Gasteiger partial charge on any atom is -0.456 e. The standard InChI is InChI=1S/C38H63N5O12S/c1-4-32-35(53-27(2)44)36(54-28(3)45)37(55-32)52-17-10-6-5-9-15-43-24-29(41-42-43)25-51-23-22-50-21-20-49-19-18-48-16-11-13-30(46)12-7-8-14-33-34-31(26-56-33)39-38(47)40-34/h24,31-37H,4-23,25-26H2,1-3H3,(H2,39,40,47)/t31-,32+,33-,34-,35?,36-,37+/m0/s1. The highest BCUT2D eigenvalue weighted by molar-refractivity contribution is 8.00. The average Bonchev–Trinajstić information content (AvgIpc) is 3.94. The molecule has 318 valence electrons. The van der Waals surface area contributed by atoms with Crippen molar-refractivity contribution in [2.75, 3.05) is 58.6 Å². The first-order chi connectivity index (χ1) is 27.2. The Morgan fingerprint density at radius 1 is 0.821 bits per heavy atom. The van der Waals surface area contributed by atoms with Crippen molar-refractivity contribution in [2.24, 2.45) is 0 Å². The molecule has 0 spiro atoms. The average molecular weight is 814 g/mol. The number of ether oxygens (including phenoxy) is 8. The summed E-state index contributed by atoms with van der Waals surface area (Å²) in [4.78, 5) is 46.9. The zero-order chi connectivity index (χ0) is 40.0. The van der Waals surface area contributed by atoms with Crippen LogP contribution in [0.1, 0.15) is 97.1 Å². The second-order valence-corrected chi connectivity index (χ2v) is 15.5. The predicted molar refractivity (Wildman–Crippen MR) is 205 cm³/mol. The molecule has 3 aliphatic heterocycles. The molecule has 0 saturated carbocycles. The number of amides is 2. The number of urea groups is 1. The van der Waals surface area contributed by atoms with Crippen LogP contribution in [0.4, 0.5) is 4.79 Å². The molecule has 1 aromatic rings. The van der Waals surface area contributed by atoms with Gasteiger partial charge in [0.1, 0.15) is 17.6 Å². The molecule has 4 rings (SSSR count). The molecule has 1 aromatic heterocycles. The molecule has 0 radical (unpaired) electrons. The highest BCUT2D eigenvalue weighted by Crippen LogP contribution is 2.33. The lowest BCUT2D eigenvalue weighted by atomic mass is 10.0. The summed E-state index contributed by atoms with van der Waals surface area (Å²) in [6.45, 7) is 9.39. The van der Waals surface area contributed by atoms with E-state index in [-0.39, 0.29) is 23.9 Å². The molecule has 18 heteroatoms. The van der Waals surface area contributed by atoms with Crippen molar-refractivity contribution < 1.29 is 57.1 Å². The van der Waals surface area contributed by atoms with Crippen molar-refractivity contribution in [1.29, 1.82) is 0 Å². The minimum absolute atomic E-state index is 0.0562. The highest BCUT2D eigenvalue weighted by atomic mass is 32.2. The predicted octanol–water partition coefficient (Wildman–Crippen LogP) is 3.49. The number of aromatic nitrogens is 3. The first-order valence-electron chi connectivity index (χ1n) is 20.2. The molecule has 17 nitrogen and oxygen atoms in total. The normalized spacial score (nSPS) is 24.2. The number of fused-ring (bicyclic) bond motifs is 1. The number of hydrogen-bond acceptors (Lipinski definition) is 15. The van der Waals surface area contributed by atoms with Crippen LogP contribution in [-0.4, -0.2) is 139 Å². The zero-order valence-corrected chi connectivity index (χ0v) is 34.1. The van der Waals surface area contributed by atoms with E-state index < -0.39 is 36.5 Å². The molecular formula is C38H63N5O12S. The van der Waals surface area contributed by atoms with E-state index in [1.54, 1.807) is 0 Å². The Bertz CT molecular complexity index is 1320. The molecule has 0 bridgehead atoms. The number of esters is 2. The highest BCUT2D eigenvalue weighted by Gasteiger charge is 2.49. The molecule has 2 amide bonds. The number of thioether (sulfide) groups is 1. The van der Waals surface area contributed by atoms with Crippen LogP contribution in [0.25, 0.3) is 0 Å². The zero-order valence-electron chi connectivity index (χ0n) is 33.3. The Kier molecular flexibility index (Phi) is 21.4. The molecule has 7 atom stereocenters. The van der Waals surface area contributed by atoms with Gasteiger partial charge in [-0.25, -0.2) is 4.79 Å². The lowest BCUT2D eigenvalue weighted by Gasteiger charge is -2.23. The summed E-state index contributed by atoms with van der Waals surface area (Å²) in [5.41, 5.74) is 0.759. The molecule has 0 aromatic carbocycles. The van der Waals surface area contributed by atoms with Crippen LogP contribution < -0.4 is 10.6 Å². The van der Waals surface area contributed by atoms with Crippen LogP contribution in [0, 0.1) is 0 Å². The van der Waals surface area contributed by atoms with E-state index in [1.807, 2.05) is 29.6 Å². The van der Waals surface area contributed by atoms with Gasteiger partial charge in [-0.2, -0.15) is 11.8 Å². The van der Waals surface area contributed by atoms with E-state index in [9.17, 15) is 19.2 Å². The SMILES string of the molecule is CC[C@H]1O[C@@H](OCCCCCCn2cc(COCCOCCOCCOCCCC(=O)CCCC[C@@H]3SC[C@@H]4NC(=O)N[C@@H]43)nn2)[C@@H](OC(C)=O)C1OC(C)=O. The van der Waals surface area contributed by atoms with Crippen LogP contribution >= 0.6 is 11.8 Å². The Morgan fingerprint density at radius 3 is 2.23 bits per heavy atom. The molecule has 1 unspecified atom stereocenters. The fourth-order valence-electron chi connectivity index (χ4n) is 6.89. The molecule has 56 heavy (non-hydrogen) atoms. The maximum Gasteiger partial charge on any atom is 0.315 e. The quantitative estimate of drug-likeness (QED) is 0.0628. The monoisotopic (exact) mass is 813 g/mol. The van der Waals surface area contributed by atoms with Gasteiger partial charge in [0.15, 0.2) is 18.5 Å². The first-order valence-corrected chi connectivity index (χ1v) is 21.3. The van der Waals surface area contributed by atoms with Crippen molar-refractivity contribution in [3.05, 3.63) is 11.9 Å². The van der Waals surface area contributed by atoms with Gasteiger partial charge in [-0.15, -0.1) is 5.10 Å². The third-order valence-electron chi connectivity index (χ3n) is 9.67. The summed E-state index contributed by atoms with van der Waals surface area (Å²) in [5.74, 6) is 0.308. The van der Waals surface area contributed by atoms with Crippen LogP contribution in [0.2, 0.25) is 0 Å². The van der Waals surface area contributed by atoms with E-state index >= 15 is 0 Å². The summed E-state index contributed by atoms with van der Waals surface area (Å²) < 4.78 is 46.7. The fourth-order valence-corrected chi connectivity index (χ4v) is 8.44. The van der Waals surface area contributed by atoms with Crippen molar-refractivity contribution in [3.63, 3.8) is 0 Å². The summed E-state index contributed by atoms with van der Waals surface area (Å²) in [6.07, 6.45) is 8.27. The van der Waals surface area contributed by atoms with Gasteiger partial charge < -0.3 is 48.5 Å². The Balaban J connectivity index is 0.881. The lowest BCUT2D eigenvalue weighted by Crippen LogP contribution is -2.40. The van der Waals surface area contributed by atoms with Crippen molar-refractivity contribution in [1.82, 2.24) is 25.6 Å². The number of carbonyl (C=O) groups excluding carboxylic acids is 4. The maximum atomic E-state index is 12.2. The molecule has 3 aliphatic rings. The number of nitrogens with one attached hydrogen (secondary N) is 2. The first kappa shape index (κ1) is 45.8. The molecule has 3 saturated heterocycles. The number of unbranched alkanes of at least 4 members (excludes halogenated alkanes) is 4. The maximum absolute atomic E-state index is 12.2. The summed E-state index contributed by atoms with van der Waals surface area (Å²) in [6, 6.07) is 0.423. The van der Waals surface area contributed by atoms with Gasteiger partial charge in [-0.05, 0) is 38.5 Å². The molecule has 3 fully saturated rings. The van der Waals surface area contributed by atoms with E-state index in [4.69, 9.17) is 37.9 Å². The topological polar surface area (TPSA) is 197 Å². The Hall–Kier alpha value is -2.87. The number of Topliss-reactive ketones (excluding diaryl/α,β-unsaturated/α-hetero) is 1. The van der Waals surface area contributed by atoms with Gasteiger partial charge >= 0.3 is 18.0 Å². The van der Waals surface area contributed by atoms with Crippen molar-refractivity contribution in [3.8, 4) is 0 Å². The van der Waals surface area contributed by atoms with Gasteiger partial charge in [0.25, 0.3) is 0 Å². The third-order valence-corrected chi connectivity index (χ3v) is 11.2. The number of nitrogens with zero attached hydrogens (tertiary/aromatic N) is 3. The Labute approximate surface area is 334 Å². The van der Waals surface area contributed by atoms with Crippen molar-refractivity contribution in [2.45, 2.75) is 146 Å². The van der Waals surface area contributed by atoms with Crippen LogP contribution in [0.3, 0.4) is 0 Å². The molecular weight excluding hydrogens is 751 g/mol. The second kappa shape index (κ2) is 26.2. The number of rotatable bonds is 31. The van der Waals surface area contributed by atoms with E-state index in [1.165, 1.54) is 13.8 Å². The fraction of sp³-hybridized carbons (Fsp3) is 0.842. The Morgan fingerprint density at radius 2 is 1.50 bits per heavy atom. The van der Waals surface area contributed by atoms with Gasteiger partial charge in [0, 0.05) is 57.5 Å². The van der Waals surface area contributed by atoms with Gasteiger partial charge in [-0.3, -0.25) is 19.1 Å². The van der Waals surface area contributed by atoms with Gasteiger partial charge in [0.2, 0.25) is 0 Å². The van der Waals surface area contributed by atoms with E-state index in [2.05, 4.69) is 20.9 Å². The smallest absolute Gasteiger partial charge is 0.315 e. The van der Waals surface area contributed by atoms with Crippen LogP contribution in [0.15, 0.2) is 6.20 Å². The number of hydrogen-bond donors (Lipinski definition) is 2. The molecule has 4 heterocycles. The largest absolute Gasteiger partial charge is 0.456 e. The van der Waals surface area contributed by atoms with Gasteiger partial charge in [0.05, 0.1) is 64.5 Å². The summed E-state index contributed by atoms with van der Waals surface area (Å²) in [5, 5.41) is 14.8. The number of aryl methyl sites for hydroxylation is 1. The van der Waals surface area contributed by atoms with E-state index in [0.29, 0.717) is 84.0 Å². The number of carbonyl (C=O) groups is 4. The minimum atomic E-state index is -0.793. The van der Waals surface area contributed by atoms with Crippen molar-refractivity contribution >= 4 is 35.5 Å². The lowest BCUT2D eigenvalue weighted by molar-refractivity contribution is -0.188. The number of ketones is 1. The molecule has 0 aliphatic carbocycles. The molecule has 2 N–H and O–H groups in total. The third kappa shape index (κ3) is 16.9. The summed E-state index contributed by atoms with van der Waals surface area (Å²) in [7, 11) is 0. The van der Waals surface area contributed by atoms with Crippen LogP contribution in [-0.2, 0) is 65.4 Å². The van der Waals surface area contributed by atoms with Gasteiger partial charge in [-0.1, -0.05) is 31.4 Å². The summed E-state index contributed by atoms with van der Waals surface area (Å²) >= 11 is 1.91. The van der Waals surface area contributed by atoms with E-state index in [0.717, 1.165) is 69.4 Å².